The van der Waals surface area contributed by atoms with E-state index in [1.807, 2.05) is 26.0 Å². The van der Waals surface area contributed by atoms with Gasteiger partial charge in [-0.05, 0) is 49.8 Å². The Morgan fingerprint density at radius 2 is 2.00 bits per heavy atom. The lowest BCUT2D eigenvalue weighted by Crippen LogP contribution is -2.14. The van der Waals surface area contributed by atoms with Gasteiger partial charge in [-0.25, -0.2) is 0 Å². The number of nitrogens with zero attached hydrogens (tertiary/aromatic N) is 2. The van der Waals surface area contributed by atoms with Crippen LogP contribution >= 0.6 is 11.6 Å². The van der Waals surface area contributed by atoms with Crippen LogP contribution < -0.4 is 10.6 Å². The zero-order chi connectivity index (χ0) is 21.6. The molecule has 0 aliphatic carbocycles. The molecule has 1 aromatic carbocycles. The molecule has 0 saturated carbocycles. The lowest BCUT2D eigenvalue weighted by Gasteiger charge is -2.09. The number of nitrogens with one attached hydrogen (secondary N) is 2. The van der Waals surface area contributed by atoms with Crippen molar-refractivity contribution >= 4 is 40.9 Å². The van der Waals surface area contributed by atoms with E-state index in [1.165, 1.54) is 13.0 Å². The van der Waals surface area contributed by atoms with Crippen molar-refractivity contribution in [3.63, 3.8) is 0 Å². The Morgan fingerprint density at radius 3 is 2.59 bits per heavy atom. The third-order valence-electron chi connectivity index (χ3n) is 4.33. The summed E-state index contributed by atoms with van der Waals surface area (Å²) >= 11 is 6.18. The molecule has 0 radical (unpaired) electrons. The molecule has 8 heteroatoms. The van der Waals surface area contributed by atoms with E-state index in [0.717, 1.165) is 17.0 Å². The van der Waals surface area contributed by atoms with Crippen molar-refractivity contribution in [1.82, 2.24) is 4.57 Å². The van der Waals surface area contributed by atoms with Gasteiger partial charge < -0.3 is 19.9 Å². The fourth-order valence-corrected chi connectivity index (χ4v) is 3.12. The van der Waals surface area contributed by atoms with E-state index >= 15 is 0 Å². The van der Waals surface area contributed by atoms with Gasteiger partial charge >= 0.3 is 0 Å². The minimum atomic E-state index is -0.566. The van der Waals surface area contributed by atoms with Crippen LogP contribution in [0.15, 0.2) is 29.8 Å². The number of aromatic nitrogens is 1. The number of hydrogen-bond acceptors (Lipinski definition) is 4. The summed E-state index contributed by atoms with van der Waals surface area (Å²) in [6.07, 6.45) is 1.56. The predicted molar refractivity (Wildman–Crippen MR) is 114 cm³/mol. The number of halogens is 1. The highest BCUT2D eigenvalue weighted by molar-refractivity contribution is 6.34. The molecule has 0 saturated heterocycles. The van der Waals surface area contributed by atoms with Crippen LogP contribution in [-0.2, 0) is 20.9 Å². The van der Waals surface area contributed by atoms with Gasteiger partial charge in [-0.3, -0.25) is 9.59 Å². The molecule has 2 aromatic rings. The molecular weight excluding hydrogens is 392 g/mol. The van der Waals surface area contributed by atoms with Crippen LogP contribution in [0.25, 0.3) is 6.08 Å². The maximum atomic E-state index is 12.6. The SMILES string of the molecule is COCCn1c(C)cc(/C=C(/C#N)C(=O)Nc2ccc(NC(C)=O)cc2Cl)c1C. The van der Waals surface area contributed by atoms with E-state index in [-0.39, 0.29) is 16.5 Å². The van der Waals surface area contributed by atoms with Gasteiger partial charge in [-0.2, -0.15) is 5.26 Å². The van der Waals surface area contributed by atoms with Crippen LogP contribution in [0, 0.1) is 25.2 Å². The molecule has 0 atom stereocenters. The van der Waals surface area contributed by atoms with Crippen molar-refractivity contribution in [2.75, 3.05) is 24.4 Å². The summed E-state index contributed by atoms with van der Waals surface area (Å²) in [5, 5.41) is 15.0. The molecule has 0 aliphatic rings. The molecule has 1 aromatic heterocycles. The van der Waals surface area contributed by atoms with Gasteiger partial charge in [0, 0.05) is 37.7 Å². The van der Waals surface area contributed by atoms with Gasteiger partial charge in [-0.15, -0.1) is 0 Å². The van der Waals surface area contributed by atoms with Crippen LogP contribution in [0.4, 0.5) is 11.4 Å². The van der Waals surface area contributed by atoms with Crippen LogP contribution in [0.5, 0.6) is 0 Å². The zero-order valence-corrected chi connectivity index (χ0v) is 17.6. The van der Waals surface area contributed by atoms with Crippen molar-refractivity contribution in [1.29, 1.82) is 5.26 Å². The molecule has 0 unspecified atom stereocenters. The molecule has 7 nitrogen and oxygen atoms in total. The number of carbonyl (C=O) groups is 2. The summed E-state index contributed by atoms with van der Waals surface area (Å²) in [4.78, 5) is 23.7. The minimum Gasteiger partial charge on any atom is -0.383 e. The first-order valence-electron chi connectivity index (χ1n) is 8.92. The van der Waals surface area contributed by atoms with E-state index in [2.05, 4.69) is 15.2 Å². The maximum Gasteiger partial charge on any atom is 0.266 e. The van der Waals surface area contributed by atoms with Crippen molar-refractivity contribution in [3.8, 4) is 6.07 Å². The highest BCUT2D eigenvalue weighted by atomic mass is 35.5. The van der Waals surface area contributed by atoms with Crippen LogP contribution in [-0.4, -0.2) is 30.1 Å². The van der Waals surface area contributed by atoms with Crippen LogP contribution in [0.1, 0.15) is 23.9 Å². The molecular formula is C21H23ClN4O3. The second-order valence-corrected chi connectivity index (χ2v) is 6.88. The number of hydrogen-bond donors (Lipinski definition) is 2. The first-order chi connectivity index (χ1) is 13.8. The fraction of sp³-hybridized carbons (Fsp3) is 0.286. The summed E-state index contributed by atoms with van der Waals surface area (Å²) < 4.78 is 7.19. The Balaban J connectivity index is 2.23. The molecule has 0 bridgehead atoms. The second kappa shape index (κ2) is 9.92. The summed E-state index contributed by atoms with van der Waals surface area (Å²) in [7, 11) is 1.64. The second-order valence-electron chi connectivity index (χ2n) is 6.47. The number of carbonyl (C=O) groups excluding carboxylic acids is 2. The minimum absolute atomic E-state index is 0.0426. The Labute approximate surface area is 174 Å². The number of rotatable bonds is 7. The first-order valence-corrected chi connectivity index (χ1v) is 9.30. The quantitative estimate of drug-likeness (QED) is 0.530. The molecule has 1 heterocycles. The van der Waals surface area contributed by atoms with E-state index in [4.69, 9.17) is 16.3 Å². The van der Waals surface area contributed by atoms with Crippen molar-refractivity contribution in [2.24, 2.45) is 0 Å². The number of anilines is 2. The Bertz CT molecular complexity index is 1000. The smallest absolute Gasteiger partial charge is 0.266 e. The molecule has 2 rings (SSSR count). The third-order valence-corrected chi connectivity index (χ3v) is 4.65. The van der Waals surface area contributed by atoms with Crippen LogP contribution in [0.2, 0.25) is 5.02 Å². The Morgan fingerprint density at radius 1 is 1.28 bits per heavy atom. The highest BCUT2D eigenvalue weighted by Gasteiger charge is 2.14. The average Bonchev–Trinajstić information content (AvgIpc) is 2.92. The van der Waals surface area contributed by atoms with Gasteiger partial charge in [-0.1, -0.05) is 11.6 Å². The van der Waals surface area contributed by atoms with Crippen molar-refractivity contribution < 1.29 is 14.3 Å². The maximum absolute atomic E-state index is 12.6. The Hall–Kier alpha value is -3.08. The number of aryl methyl sites for hydroxylation is 1. The fourth-order valence-electron chi connectivity index (χ4n) is 2.89. The standard InChI is InChI=1S/C21H23ClN4O3/c1-13-9-16(14(2)26(13)7-8-29-4)10-17(12-23)21(28)25-20-6-5-18(11-19(20)22)24-15(3)27/h5-6,9-11H,7-8H2,1-4H3,(H,24,27)(H,25,28)/b17-10-. The molecule has 29 heavy (non-hydrogen) atoms. The molecule has 2 N–H and O–H groups in total. The van der Waals surface area contributed by atoms with E-state index in [0.29, 0.717) is 24.5 Å². The van der Waals surface area contributed by atoms with Gasteiger partial charge in [0.15, 0.2) is 0 Å². The third kappa shape index (κ3) is 5.70. The summed E-state index contributed by atoms with van der Waals surface area (Å²) in [6, 6.07) is 8.57. The lowest BCUT2D eigenvalue weighted by molar-refractivity contribution is -0.114. The number of methoxy groups -OCH3 is 1. The number of amides is 2. The van der Waals surface area contributed by atoms with Crippen molar-refractivity contribution in [2.45, 2.75) is 27.3 Å². The summed E-state index contributed by atoms with van der Waals surface area (Å²) in [6.45, 7) is 6.53. The predicted octanol–water partition coefficient (Wildman–Crippen LogP) is 3.91. The summed E-state index contributed by atoms with van der Waals surface area (Å²) in [5.41, 5.74) is 3.56. The monoisotopic (exact) mass is 414 g/mol. The van der Waals surface area contributed by atoms with Crippen molar-refractivity contribution in [3.05, 3.63) is 51.8 Å². The topological polar surface area (TPSA) is 96.2 Å². The van der Waals surface area contributed by atoms with E-state index < -0.39 is 5.91 Å². The molecule has 0 aliphatic heterocycles. The number of nitriles is 1. The molecule has 152 valence electrons. The molecule has 0 fully saturated rings. The Kier molecular flexibility index (Phi) is 7.59. The van der Waals surface area contributed by atoms with Gasteiger partial charge in [0.2, 0.25) is 5.91 Å². The van der Waals surface area contributed by atoms with Gasteiger partial charge in [0.1, 0.15) is 11.6 Å². The van der Waals surface area contributed by atoms with Crippen LogP contribution in [0.3, 0.4) is 0 Å². The van der Waals surface area contributed by atoms with E-state index in [9.17, 15) is 14.9 Å². The molecule has 2 amide bonds. The van der Waals surface area contributed by atoms with Gasteiger partial charge in [0.05, 0.1) is 17.3 Å². The average molecular weight is 415 g/mol. The number of benzene rings is 1. The highest BCUT2D eigenvalue weighted by Crippen LogP contribution is 2.26. The lowest BCUT2D eigenvalue weighted by atomic mass is 10.1. The zero-order valence-electron chi connectivity index (χ0n) is 16.8. The summed E-state index contributed by atoms with van der Waals surface area (Å²) in [5.74, 6) is -0.793. The largest absolute Gasteiger partial charge is 0.383 e. The first kappa shape index (κ1) is 22.2. The van der Waals surface area contributed by atoms with E-state index in [1.54, 1.807) is 25.3 Å². The normalized spacial score (nSPS) is 11.1. The number of ether oxygens (including phenoxy) is 1. The van der Waals surface area contributed by atoms with Gasteiger partial charge in [0.25, 0.3) is 5.91 Å². The molecule has 0 spiro atoms.